The van der Waals surface area contributed by atoms with Crippen molar-refractivity contribution in [1.82, 2.24) is 5.32 Å². The molecule has 1 unspecified atom stereocenters. The molecule has 0 rings (SSSR count). The summed E-state index contributed by atoms with van der Waals surface area (Å²) in [5.74, 6) is -0.887. The van der Waals surface area contributed by atoms with E-state index in [9.17, 15) is 9.36 Å². The standard InChI is InChI=1S/C6H14NO4P/c1-5(8)7-6(2)12(9,10-3)11-4/h6H,1-4H3,(H,7,8). The molecule has 0 fully saturated rings. The molecule has 0 aromatic rings. The largest absolute Gasteiger partial charge is 0.351 e. The second-order valence-corrected chi connectivity index (χ2v) is 4.87. The van der Waals surface area contributed by atoms with E-state index in [0.717, 1.165) is 0 Å². The van der Waals surface area contributed by atoms with Gasteiger partial charge in [-0.15, -0.1) is 0 Å². The summed E-state index contributed by atoms with van der Waals surface area (Å²) < 4.78 is 20.9. The highest BCUT2D eigenvalue weighted by Gasteiger charge is 2.30. The Hall–Kier alpha value is -0.380. The Labute approximate surface area is 72.0 Å². The number of carbonyl (C=O) groups is 1. The Morgan fingerprint density at radius 2 is 1.83 bits per heavy atom. The summed E-state index contributed by atoms with van der Waals surface area (Å²) in [6, 6.07) is 0. The summed E-state index contributed by atoms with van der Waals surface area (Å²) in [5.41, 5.74) is 0. The third-order valence-corrected chi connectivity index (χ3v) is 3.49. The van der Waals surface area contributed by atoms with Crippen molar-refractivity contribution in [1.29, 1.82) is 0 Å². The van der Waals surface area contributed by atoms with Crippen LogP contribution in [0.25, 0.3) is 0 Å². The van der Waals surface area contributed by atoms with E-state index >= 15 is 0 Å². The van der Waals surface area contributed by atoms with Gasteiger partial charge in [-0.1, -0.05) is 0 Å². The Bertz CT molecular complexity index is 198. The van der Waals surface area contributed by atoms with E-state index in [1.165, 1.54) is 21.1 Å². The van der Waals surface area contributed by atoms with Gasteiger partial charge in [0.15, 0.2) is 0 Å². The quantitative estimate of drug-likeness (QED) is 0.678. The van der Waals surface area contributed by atoms with E-state index < -0.39 is 13.4 Å². The molecule has 0 aliphatic heterocycles. The zero-order chi connectivity index (χ0) is 9.78. The number of amides is 1. The smallest absolute Gasteiger partial charge is 0.342 e. The molecule has 1 amide bonds. The Morgan fingerprint density at radius 3 is 2.08 bits per heavy atom. The molecule has 0 saturated heterocycles. The summed E-state index contributed by atoms with van der Waals surface area (Å²) in [5, 5.41) is 2.43. The molecule has 0 aliphatic rings. The molecule has 1 atom stereocenters. The van der Waals surface area contributed by atoms with Crippen LogP contribution >= 0.6 is 7.60 Å². The summed E-state index contributed by atoms with van der Waals surface area (Å²) in [6.45, 7) is 2.90. The van der Waals surface area contributed by atoms with Gasteiger partial charge in [0, 0.05) is 21.1 Å². The van der Waals surface area contributed by atoms with Crippen LogP contribution in [0.2, 0.25) is 0 Å². The zero-order valence-corrected chi connectivity index (χ0v) is 8.55. The average molecular weight is 195 g/mol. The molecule has 72 valence electrons. The van der Waals surface area contributed by atoms with Gasteiger partial charge in [-0.05, 0) is 6.92 Å². The Kier molecular flexibility index (Phi) is 4.45. The maximum absolute atomic E-state index is 11.5. The molecular weight excluding hydrogens is 181 g/mol. The van der Waals surface area contributed by atoms with E-state index in [0.29, 0.717) is 0 Å². The summed E-state index contributed by atoms with van der Waals surface area (Å²) in [7, 11) is -0.597. The van der Waals surface area contributed by atoms with E-state index in [2.05, 4.69) is 14.4 Å². The monoisotopic (exact) mass is 195 g/mol. The van der Waals surface area contributed by atoms with Crippen LogP contribution in [0, 0.1) is 0 Å². The number of hydrogen-bond donors (Lipinski definition) is 1. The molecule has 6 heteroatoms. The van der Waals surface area contributed by atoms with Gasteiger partial charge in [-0.25, -0.2) is 0 Å². The van der Waals surface area contributed by atoms with Crippen molar-refractivity contribution in [3.05, 3.63) is 0 Å². The second kappa shape index (κ2) is 4.60. The highest BCUT2D eigenvalue weighted by atomic mass is 31.2. The molecule has 0 spiro atoms. The lowest BCUT2D eigenvalue weighted by molar-refractivity contribution is -0.119. The van der Waals surface area contributed by atoms with Gasteiger partial charge in [0.1, 0.15) is 5.78 Å². The van der Waals surface area contributed by atoms with E-state index in [1.807, 2.05) is 0 Å². The summed E-state index contributed by atoms with van der Waals surface area (Å²) >= 11 is 0. The topological polar surface area (TPSA) is 64.6 Å². The van der Waals surface area contributed by atoms with Crippen LogP contribution in [-0.2, 0) is 18.4 Å². The number of nitrogens with one attached hydrogen (secondary N) is 1. The van der Waals surface area contributed by atoms with Crippen molar-refractivity contribution in [3.8, 4) is 0 Å². The fraction of sp³-hybridized carbons (Fsp3) is 0.833. The fourth-order valence-corrected chi connectivity index (χ4v) is 1.89. The molecule has 5 nitrogen and oxygen atoms in total. The first kappa shape index (κ1) is 11.6. The van der Waals surface area contributed by atoms with Crippen molar-refractivity contribution >= 4 is 13.5 Å². The van der Waals surface area contributed by atoms with Gasteiger partial charge in [-0.3, -0.25) is 9.36 Å². The van der Waals surface area contributed by atoms with Crippen LogP contribution in [0.5, 0.6) is 0 Å². The maximum atomic E-state index is 11.5. The number of rotatable bonds is 4. The highest BCUT2D eigenvalue weighted by Crippen LogP contribution is 2.50. The highest BCUT2D eigenvalue weighted by molar-refractivity contribution is 7.54. The van der Waals surface area contributed by atoms with Crippen molar-refractivity contribution in [2.24, 2.45) is 0 Å². The van der Waals surface area contributed by atoms with Crippen LogP contribution in [0.1, 0.15) is 13.8 Å². The molecule has 1 N–H and O–H groups in total. The predicted octanol–water partition coefficient (Wildman–Crippen LogP) is 0.954. The number of carbonyl (C=O) groups excluding carboxylic acids is 1. The second-order valence-electron chi connectivity index (χ2n) is 2.28. The summed E-state index contributed by atoms with van der Waals surface area (Å²) in [6.07, 6.45) is 0. The molecule has 0 aromatic carbocycles. The lowest BCUT2D eigenvalue weighted by Crippen LogP contribution is -2.31. The molecule has 0 saturated carbocycles. The molecule has 12 heavy (non-hydrogen) atoms. The normalized spacial score (nSPS) is 14.0. The average Bonchev–Trinajstić information content (AvgIpc) is 2.02. The van der Waals surface area contributed by atoms with E-state index in [4.69, 9.17) is 0 Å². The SMILES string of the molecule is COP(=O)(OC)C(C)NC(C)=O. The lowest BCUT2D eigenvalue weighted by atomic mass is 10.6. The van der Waals surface area contributed by atoms with Gasteiger partial charge in [0.25, 0.3) is 0 Å². The van der Waals surface area contributed by atoms with Crippen LogP contribution in [0.15, 0.2) is 0 Å². The fourth-order valence-electron chi connectivity index (χ4n) is 0.764. The molecular formula is C6H14NO4P. The van der Waals surface area contributed by atoms with E-state index in [-0.39, 0.29) is 5.91 Å². The van der Waals surface area contributed by atoms with Crippen molar-refractivity contribution in [3.63, 3.8) is 0 Å². The van der Waals surface area contributed by atoms with Crippen LogP contribution < -0.4 is 5.32 Å². The van der Waals surface area contributed by atoms with Crippen molar-refractivity contribution in [2.45, 2.75) is 19.6 Å². The maximum Gasteiger partial charge on any atom is 0.351 e. The minimum absolute atomic E-state index is 0.267. The van der Waals surface area contributed by atoms with Gasteiger partial charge < -0.3 is 14.4 Å². The minimum Gasteiger partial charge on any atom is -0.342 e. The van der Waals surface area contributed by atoms with Crippen molar-refractivity contribution in [2.75, 3.05) is 14.2 Å². The zero-order valence-electron chi connectivity index (χ0n) is 7.66. The van der Waals surface area contributed by atoms with Crippen LogP contribution in [-0.4, -0.2) is 25.9 Å². The van der Waals surface area contributed by atoms with Crippen molar-refractivity contribution < 1.29 is 18.4 Å². The summed E-state index contributed by atoms with van der Waals surface area (Å²) in [4.78, 5) is 10.6. The Morgan fingerprint density at radius 1 is 1.42 bits per heavy atom. The minimum atomic E-state index is -3.16. The Balaban J connectivity index is 4.32. The van der Waals surface area contributed by atoms with Gasteiger partial charge in [0.05, 0.1) is 0 Å². The third kappa shape index (κ3) is 2.93. The molecule has 0 bridgehead atoms. The first-order chi connectivity index (χ1) is 5.46. The predicted molar refractivity (Wildman–Crippen MR) is 44.9 cm³/mol. The molecule has 0 heterocycles. The molecule has 0 aliphatic carbocycles. The lowest BCUT2D eigenvalue weighted by Gasteiger charge is -2.20. The van der Waals surface area contributed by atoms with Gasteiger partial charge >= 0.3 is 7.60 Å². The molecule has 0 radical (unpaired) electrons. The van der Waals surface area contributed by atoms with Gasteiger partial charge in [0.2, 0.25) is 5.91 Å². The van der Waals surface area contributed by atoms with Crippen LogP contribution in [0.4, 0.5) is 0 Å². The first-order valence-electron chi connectivity index (χ1n) is 3.44. The third-order valence-electron chi connectivity index (χ3n) is 1.40. The molecule has 0 aromatic heterocycles. The van der Waals surface area contributed by atoms with Crippen LogP contribution in [0.3, 0.4) is 0 Å². The van der Waals surface area contributed by atoms with E-state index in [1.54, 1.807) is 6.92 Å². The number of hydrogen-bond acceptors (Lipinski definition) is 4. The first-order valence-corrected chi connectivity index (χ1v) is 5.05. The van der Waals surface area contributed by atoms with Gasteiger partial charge in [-0.2, -0.15) is 0 Å².